The van der Waals surface area contributed by atoms with Crippen LogP contribution in [0.5, 0.6) is 5.75 Å². The summed E-state index contributed by atoms with van der Waals surface area (Å²) in [4.78, 5) is 33.2. The Hall–Kier alpha value is -2.64. The summed E-state index contributed by atoms with van der Waals surface area (Å²) in [6.45, 7) is 3.13. The monoisotopic (exact) mass is 283 g/mol. The number of aromatic hydroxyl groups is 1. The quantitative estimate of drug-likeness (QED) is 0.496. The van der Waals surface area contributed by atoms with E-state index in [2.05, 4.69) is 9.47 Å². The fourth-order valence-electron chi connectivity index (χ4n) is 1.45. The first kappa shape index (κ1) is 15.4. The first-order chi connectivity index (χ1) is 9.42. The molecule has 1 rings (SSSR count). The standard InChI is InChI=1S/C12H13NO7/c1-3-19-11(15)8-5-7(13(17)18)6-9(10(8)14)12(16)20-4-2/h5-6,14H,3-4H2,1-2H3. The fourth-order valence-corrected chi connectivity index (χ4v) is 1.45. The molecule has 0 spiro atoms. The Kier molecular flexibility index (Phi) is 5.01. The van der Waals surface area contributed by atoms with Crippen molar-refractivity contribution < 1.29 is 29.1 Å². The Balaban J connectivity index is 3.40. The molecule has 0 saturated heterocycles. The smallest absolute Gasteiger partial charge is 0.342 e. The lowest BCUT2D eigenvalue weighted by Gasteiger charge is -2.08. The summed E-state index contributed by atoms with van der Waals surface area (Å²) in [6.07, 6.45) is 0. The number of hydrogen-bond acceptors (Lipinski definition) is 7. The molecule has 0 heterocycles. The summed E-state index contributed by atoms with van der Waals surface area (Å²) in [5.41, 5.74) is -1.43. The molecule has 0 aliphatic rings. The van der Waals surface area contributed by atoms with Gasteiger partial charge in [-0.3, -0.25) is 10.1 Å². The molecule has 20 heavy (non-hydrogen) atoms. The van der Waals surface area contributed by atoms with Gasteiger partial charge in [0.2, 0.25) is 0 Å². The van der Waals surface area contributed by atoms with Crippen molar-refractivity contribution in [2.75, 3.05) is 13.2 Å². The van der Waals surface area contributed by atoms with Gasteiger partial charge in [0.05, 0.1) is 18.1 Å². The van der Waals surface area contributed by atoms with Gasteiger partial charge in [0.15, 0.2) is 0 Å². The third-order valence-electron chi connectivity index (χ3n) is 2.30. The Morgan fingerprint density at radius 1 is 1.15 bits per heavy atom. The van der Waals surface area contributed by atoms with Gasteiger partial charge < -0.3 is 14.6 Å². The lowest BCUT2D eigenvalue weighted by Crippen LogP contribution is -2.11. The first-order valence-electron chi connectivity index (χ1n) is 5.78. The fraction of sp³-hybridized carbons (Fsp3) is 0.333. The summed E-state index contributed by atoms with van der Waals surface area (Å²) in [6, 6.07) is 1.69. The maximum Gasteiger partial charge on any atom is 0.342 e. The van der Waals surface area contributed by atoms with Crippen LogP contribution in [0.1, 0.15) is 34.6 Å². The van der Waals surface area contributed by atoms with Crippen LogP contribution in [0.4, 0.5) is 5.69 Å². The van der Waals surface area contributed by atoms with Crippen LogP contribution < -0.4 is 0 Å². The number of ether oxygens (including phenoxy) is 2. The van der Waals surface area contributed by atoms with E-state index in [0.29, 0.717) is 0 Å². The summed E-state index contributed by atoms with van der Waals surface area (Å²) in [5, 5.41) is 20.7. The molecule has 0 aliphatic heterocycles. The minimum Gasteiger partial charge on any atom is -0.506 e. The van der Waals surface area contributed by atoms with Gasteiger partial charge in [-0.15, -0.1) is 0 Å². The van der Waals surface area contributed by atoms with Gasteiger partial charge in [0.1, 0.15) is 16.9 Å². The molecule has 0 amide bonds. The van der Waals surface area contributed by atoms with Crippen LogP contribution in [0.25, 0.3) is 0 Å². The number of hydrogen-bond donors (Lipinski definition) is 1. The summed E-state index contributed by atoms with van der Waals surface area (Å²) in [5.74, 6) is -2.62. The van der Waals surface area contributed by atoms with Gasteiger partial charge in [-0.2, -0.15) is 0 Å². The highest BCUT2D eigenvalue weighted by Crippen LogP contribution is 2.29. The molecular weight excluding hydrogens is 270 g/mol. The van der Waals surface area contributed by atoms with Crippen molar-refractivity contribution in [1.29, 1.82) is 0 Å². The van der Waals surface area contributed by atoms with E-state index in [1.807, 2.05) is 0 Å². The number of rotatable bonds is 5. The molecule has 1 N–H and O–H groups in total. The Labute approximate surface area is 114 Å². The van der Waals surface area contributed by atoms with Crippen molar-refractivity contribution in [3.05, 3.63) is 33.4 Å². The molecule has 8 nitrogen and oxygen atoms in total. The number of nitro groups is 1. The van der Waals surface area contributed by atoms with Gasteiger partial charge in [0.25, 0.3) is 5.69 Å². The number of phenols is 1. The molecule has 0 unspecified atom stereocenters. The van der Waals surface area contributed by atoms with Crippen LogP contribution in [0.15, 0.2) is 12.1 Å². The molecular formula is C12H13NO7. The largest absolute Gasteiger partial charge is 0.506 e. The topological polar surface area (TPSA) is 116 Å². The van der Waals surface area contributed by atoms with E-state index in [9.17, 15) is 24.8 Å². The molecule has 1 aromatic rings. The molecule has 0 fully saturated rings. The number of nitro benzene ring substituents is 1. The molecule has 0 saturated carbocycles. The number of esters is 2. The molecule has 0 aliphatic carbocycles. The minimum atomic E-state index is -0.959. The van der Waals surface area contributed by atoms with E-state index in [1.165, 1.54) is 0 Å². The molecule has 0 aromatic heterocycles. The average Bonchev–Trinajstić information content (AvgIpc) is 2.39. The SMILES string of the molecule is CCOC(=O)c1cc([N+](=O)[O-])cc(C(=O)OCC)c1O. The third-order valence-corrected chi connectivity index (χ3v) is 2.30. The number of carbonyl (C=O) groups is 2. The van der Waals surface area contributed by atoms with Crippen LogP contribution in [0, 0.1) is 10.1 Å². The van der Waals surface area contributed by atoms with Crippen molar-refractivity contribution in [1.82, 2.24) is 0 Å². The Morgan fingerprint density at radius 3 is 1.85 bits per heavy atom. The lowest BCUT2D eigenvalue weighted by molar-refractivity contribution is -0.384. The zero-order valence-electron chi connectivity index (χ0n) is 10.9. The zero-order valence-corrected chi connectivity index (χ0v) is 10.9. The van der Waals surface area contributed by atoms with Crippen molar-refractivity contribution in [2.24, 2.45) is 0 Å². The molecule has 0 bridgehead atoms. The van der Waals surface area contributed by atoms with Crippen molar-refractivity contribution in [2.45, 2.75) is 13.8 Å². The summed E-state index contributed by atoms with van der Waals surface area (Å²) >= 11 is 0. The number of carbonyl (C=O) groups excluding carboxylic acids is 2. The maximum atomic E-state index is 11.6. The van der Waals surface area contributed by atoms with Crippen molar-refractivity contribution in [3.8, 4) is 5.75 Å². The summed E-state index contributed by atoms with van der Waals surface area (Å²) < 4.78 is 9.33. The average molecular weight is 283 g/mol. The predicted octanol–water partition coefficient (Wildman–Crippen LogP) is 1.65. The van der Waals surface area contributed by atoms with E-state index < -0.39 is 39.4 Å². The second-order valence-electron chi connectivity index (χ2n) is 3.59. The van der Waals surface area contributed by atoms with Crippen LogP contribution in [-0.2, 0) is 9.47 Å². The van der Waals surface area contributed by atoms with Crippen LogP contribution >= 0.6 is 0 Å². The Bertz CT molecular complexity index is 514. The molecule has 0 radical (unpaired) electrons. The minimum absolute atomic E-state index is 0.0235. The van der Waals surface area contributed by atoms with Crippen LogP contribution in [0.3, 0.4) is 0 Å². The van der Waals surface area contributed by atoms with Gasteiger partial charge in [-0.25, -0.2) is 9.59 Å². The van der Waals surface area contributed by atoms with Crippen molar-refractivity contribution >= 4 is 17.6 Å². The lowest BCUT2D eigenvalue weighted by atomic mass is 10.1. The van der Waals surface area contributed by atoms with Crippen LogP contribution in [-0.4, -0.2) is 35.2 Å². The second-order valence-corrected chi connectivity index (χ2v) is 3.59. The molecule has 0 atom stereocenters. The van der Waals surface area contributed by atoms with Gasteiger partial charge in [0, 0.05) is 12.1 Å². The van der Waals surface area contributed by atoms with Crippen LogP contribution in [0.2, 0.25) is 0 Å². The zero-order chi connectivity index (χ0) is 15.3. The van der Waals surface area contributed by atoms with E-state index in [-0.39, 0.29) is 13.2 Å². The van der Waals surface area contributed by atoms with E-state index in [0.717, 1.165) is 12.1 Å². The highest BCUT2D eigenvalue weighted by Gasteiger charge is 2.25. The predicted molar refractivity (Wildman–Crippen MR) is 66.7 cm³/mol. The third kappa shape index (κ3) is 3.22. The molecule has 8 heteroatoms. The summed E-state index contributed by atoms with van der Waals surface area (Å²) in [7, 11) is 0. The van der Waals surface area contributed by atoms with Gasteiger partial charge in [-0.05, 0) is 13.8 Å². The van der Waals surface area contributed by atoms with E-state index in [4.69, 9.17) is 0 Å². The van der Waals surface area contributed by atoms with Gasteiger partial charge in [-0.1, -0.05) is 0 Å². The van der Waals surface area contributed by atoms with Gasteiger partial charge >= 0.3 is 11.9 Å². The van der Waals surface area contributed by atoms with Crippen molar-refractivity contribution in [3.63, 3.8) is 0 Å². The number of benzene rings is 1. The number of phenolic OH excluding ortho intramolecular Hbond substituents is 1. The highest BCUT2D eigenvalue weighted by atomic mass is 16.6. The van der Waals surface area contributed by atoms with E-state index in [1.54, 1.807) is 13.8 Å². The number of nitrogens with zero attached hydrogens (tertiary/aromatic N) is 1. The normalized spacial score (nSPS) is 9.90. The molecule has 108 valence electrons. The second kappa shape index (κ2) is 6.50. The number of non-ortho nitro benzene ring substituents is 1. The first-order valence-corrected chi connectivity index (χ1v) is 5.78. The molecule has 1 aromatic carbocycles. The Morgan fingerprint density at radius 2 is 1.55 bits per heavy atom. The maximum absolute atomic E-state index is 11.6. The highest BCUT2D eigenvalue weighted by molar-refractivity contribution is 6.01. The van der Waals surface area contributed by atoms with E-state index >= 15 is 0 Å².